The zero-order valence-corrected chi connectivity index (χ0v) is 22.6. The molecule has 35 heavy (non-hydrogen) atoms. The first-order chi connectivity index (χ1) is 16.5. The van der Waals surface area contributed by atoms with E-state index < -0.39 is 22.1 Å². The van der Waals surface area contributed by atoms with Gasteiger partial charge in [-0.15, -0.1) is 0 Å². The Balaban J connectivity index is 1.51. The number of nitrogens with one attached hydrogen (secondary N) is 1. The zero-order valence-electron chi connectivity index (χ0n) is 18.6. The number of carbonyl (C=O) groups is 1. The summed E-state index contributed by atoms with van der Waals surface area (Å²) in [5, 5.41) is 22.8. The molecule has 0 radical (unpaired) electrons. The number of carboxylic acid groups (broad SMARTS) is 1. The normalized spacial score (nSPS) is 22.4. The minimum absolute atomic E-state index is 0.109. The Kier molecular flexibility index (Phi) is 7.74. The highest BCUT2D eigenvalue weighted by Gasteiger charge is 2.41. The molecule has 2 aromatic rings. The summed E-state index contributed by atoms with van der Waals surface area (Å²) in [6.45, 7) is 1.36. The Labute approximate surface area is 219 Å². The number of rotatable bonds is 9. The summed E-state index contributed by atoms with van der Waals surface area (Å²) < 4.78 is 35.9. The molecule has 0 amide bonds. The molecule has 4 atom stereocenters. The van der Waals surface area contributed by atoms with Gasteiger partial charge in [0.25, 0.3) is 0 Å². The average molecular weight is 632 g/mol. The zero-order chi connectivity index (χ0) is 25.3. The maximum Gasteiger partial charge on any atom is 0.347 e. The van der Waals surface area contributed by atoms with E-state index in [4.69, 9.17) is 14.7 Å². The lowest BCUT2D eigenvalue weighted by atomic mass is 9.96. The lowest BCUT2D eigenvalue weighted by Crippen LogP contribution is -2.38. The molecule has 0 saturated heterocycles. The van der Waals surface area contributed by atoms with E-state index in [0.29, 0.717) is 32.1 Å². The van der Waals surface area contributed by atoms with Gasteiger partial charge in [-0.05, 0) is 99.7 Å². The fourth-order valence-electron chi connectivity index (χ4n) is 4.52. The number of fused-ring (bicyclic) bond motifs is 2. The van der Waals surface area contributed by atoms with Gasteiger partial charge in [-0.3, -0.25) is 0 Å². The van der Waals surface area contributed by atoms with E-state index in [2.05, 4.69) is 41.7 Å². The lowest BCUT2D eigenvalue weighted by molar-refractivity contribution is -0.149. The summed E-state index contributed by atoms with van der Waals surface area (Å²) in [5.41, 5.74) is 0.595. The largest absolute Gasteiger partial charge is 0.507 e. The smallest absolute Gasteiger partial charge is 0.347 e. The molecule has 0 aromatic heterocycles. The maximum atomic E-state index is 13.1. The minimum Gasteiger partial charge on any atom is -0.507 e. The second-order valence-electron chi connectivity index (χ2n) is 8.77. The number of benzene rings is 2. The molecule has 1 unspecified atom stereocenters. The number of phenolic OH excluding ortho intramolecular Hbond substituents is 1. The first-order valence-corrected chi connectivity index (χ1v) is 14.0. The summed E-state index contributed by atoms with van der Waals surface area (Å²) in [4.78, 5) is 15.4. The number of carboxylic acids is 1. The third-order valence-electron chi connectivity index (χ3n) is 6.27. The monoisotopic (exact) mass is 630 g/mol. The van der Waals surface area contributed by atoms with Crippen molar-refractivity contribution in [1.82, 2.24) is 4.72 Å². The number of sulfonamides is 1. The van der Waals surface area contributed by atoms with Gasteiger partial charge in [0.2, 0.25) is 16.1 Å². The van der Waals surface area contributed by atoms with Crippen LogP contribution in [0.4, 0.5) is 0 Å². The lowest BCUT2D eigenvalue weighted by Gasteiger charge is -2.23. The third-order valence-corrected chi connectivity index (χ3v) is 8.97. The van der Waals surface area contributed by atoms with Crippen LogP contribution in [-0.2, 0) is 19.7 Å². The van der Waals surface area contributed by atoms with Crippen LogP contribution in [0.2, 0.25) is 0 Å². The quantitative estimate of drug-likeness (QED) is 0.262. The second kappa shape index (κ2) is 10.5. The number of halogens is 2. The van der Waals surface area contributed by atoms with Crippen LogP contribution in [-0.4, -0.2) is 43.0 Å². The SMILES string of the molecule is CC(ON=Cc1cc(Br)c(Oc2ccc(O)c(S(=O)(=O)N[C@@H]3C[C@@H]4CC[C@@H]3C4)c2)c(Br)c1)C(=O)O. The highest BCUT2D eigenvalue weighted by molar-refractivity contribution is 9.11. The van der Waals surface area contributed by atoms with Gasteiger partial charge in [-0.2, -0.15) is 0 Å². The molecule has 188 valence electrons. The van der Waals surface area contributed by atoms with Gasteiger partial charge in [0.15, 0.2) is 5.75 Å². The van der Waals surface area contributed by atoms with Crippen molar-refractivity contribution in [3.63, 3.8) is 0 Å². The topological polar surface area (TPSA) is 135 Å². The highest BCUT2D eigenvalue weighted by Crippen LogP contribution is 2.45. The van der Waals surface area contributed by atoms with Crippen LogP contribution in [0, 0.1) is 11.8 Å². The van der Waals surface area contributed by atoms with E-state index in [1.54, 1.807) is 12.1 Å². The van der Waals surface area contributed by atoms with Gasteiger partial charge in [0.05, 0.1) is 15.2 Å². The second-order valence-corrected chi connectivity index (χ2v) is 12.2. The van der Waals surface area contributed by atoms with E-state index in [1.807, 2.05) is 0 Å². The molecule has 2 bridgehead atoms. The van der Waals surface area contributed by atoms with Crippen molar-refractivity contribution in [2.75, 3.05) is 0 Å². The third kappa shape index (κ3) is 5.99. The fraction of sp³-hybridized carbons (Fsp3) is 0.391. The standard InChI is InChI=1S/C23H24Br2N2O7S/c1-12(23(29)30)34-26-11-14-7-17(24)22(18(25)8-14)33-16-4-5-20(28)21(10-16)35(31,32)27-19-9-13-2-3-15(19)6-13/h4-5,7-8,10-13,15,19,27-28H,2-3,6,9H2,1H3,(H,29,30)/t12?,13-,15-,19-/m1/s1. The molecular weight excluding hydrogens is 608 g/mol. The van der Waals surface area contributed by atoms with Crippen LogP contribution in [0.15, 0.2) is 49.3 Å². The number of aliphatic carboxylic acids is 1. The summed E-state index contributed by atoms with van der Waals surface area (Å²) >= 11 is 6.83. The number of oxime groups is 1. The van der Waals surface area contributed by atoms with Gasteiger partial charge in [-0.25, -0.2) is 17.9 Å². The van der Waals surface area contributed by atoms with Crippen molar-refractivity contribution in [1.29, 1.82) is 0 Å². The van der Waals surface area contributed by atoms with Crippen molar-refractivity contribution in [3.8, 4) is 17.2 Å². The molecular formula is C23H24Br2N2O7S. The van der Waals surface area contributed by atoms with Crippen LogP contribution in [0.5, 0.6) is 17.2 Å². The van der Waals surface area contributed by atoms with Crippen LogP contribution >= 0.6 is 31.9 Å². The molecule has 0 spiro atoms. The van der Waals surface area contributed by atoms with E-state index in [0.717, 1.165) is 25.7 Å². The van der Waals surface area contributed by atoms with Gasteiger partial charge in [0.1, 0.15) is 16.4 Å². The molecule has 2 saturated carbocycles. The van der Waals surface area contributed by atoms with Crippen LogP contribution in [0.1, 0.15) is 38.2 Å². The molecule has 9 nitrogen and oxygen atoms in total. The Bertz CT molecular complexity index is 1250. The van der Waals surface area contributed by atoms with Gasteiger partial charge in [-0.1, -0.05) is 11.6 Å². The Morgan fingerprint density at radius 1 is 1.20 bits per heavy atom. The number of aromatic hydroxyl groups is 1. The van der Waals surface area contributed by atoms with Crippen LogP contribution in [0.3, 0.4) is 0 Å². The van der Waals surface area contributed by atoms with Gasteiger partial charge >= 0.3 is 5.97 Å². The predicted molar refractivity (Wildman–Crippen MR) is 135 cm³/mol. The Morgan fingerprint density at radius 3 is 2.51 bits per heavy atom. The first kappa shape index (κ1) is 25.9. The number of phenols is 1. The number of ether oxygens (including phenoxy) is 1. The van der Waals surface area contributed by atoms with Crippen molar-refractivity contribution in [2.24, 2.45) is 17.0 Å². The van der Waals surface area contributed by atoms with E-state index in [-0.39, 0.29) is 22.4 Å². The van der Waals surface area contributed by atoms with Crippen molar-refractivity contribution in [2.45, 2.75) is 49.6 Å². The molecule has 0 heterocycles. The summed E-state index contributed by atoms with van der Waals surface area (Å²) in [6.07, 6.45) is 4.33. The Morgan fingerprint density at radius 2 is 1.91 bits per heavy atom. The Hall–Kier alpha value is -2.15. The van der Waals surface area contributed by atoms with Crippen molar-refractivity contribution in [3.05, 3.63) is 44.8 Å². The van der Waals surface area contributed by atoms with Crippen LogP contribution < -0.4 is 9.46 Å². The number of nitrogens with zero attached hydrogens (tertiary/aromatic N) is 1. The summed E-state index contributed by atoms with van der Waals surface area (Å²) in [5.74, 6) is 0.0333. The van der Waals surface area contributed by atoms with E-state index in [9.17, 15) is 18.3 Å². The summed E-state index contributed by atoms with van der Waals surface area (Å²) in [7, 11) is -3.94. The molecule has 3 N–H and O–H groups in total. The van der Waals surface area contributed by atoms with Gasteiger partial charge in [0, 0.05) is 12.1 Å². The van der Waals surface area contributed by atoms with Crippen molar-refractivity contribution >= 4 is 54.1 Å². The first-order valence-electron chi connectivity index (χ1n) is 11.0. The van der Waals surface area contributed by atoms with E-state index in [1.165, 1.54) is 31.3 Å². The van der Waals surface area contributed by atoms with Crippen molar-refractivity contribution < 1.29 is 33.0 Å². The number of hydrogen-bond acceptors (Lipinski definition) is 7. The summed E-state index contributed by atoms with van der Waals surface area (Å²) in [6, 6.07) is 7.29. The molecule has 12 heteroatoms. The molecule has 4 rings (SSSR count). The fourth-order valence-corrected chi connectivity index (χ4v) is 7.33. The molecule has 2 fully saturated rings. The molecule has 0 aliphatic heterocycles. The highest BCUT2D eigenvalue weighted by atomic mass is 79.9. The average Bonchev–Trinajstić information content (AvgIpc) is 3.40. The molecule has 2 aliphatic carbocycles. The van der Waals surface area contributed by atoms with Gasteiger partial charge < -0.3 is 19.8 Å². The maximum absolute atomic E-state index is 13.1. The minimum atomic E-state index is -3.94. The molecule has 2 aliphatic rings. The van der Waals surface area contributed by atoms with Crippen LogP contribution in [0.25, 0.3) is 0 Å². The predicted octanol–water partition coefficient (Wildman–Crippen LogP) is 5.00. The number of hydrogen-bond donors (Lipinski definition) is 3. The molecule has 2 aromatic carbocycles. The van der Waals surface area contributed by atoms with E-state index >= 15 is 0 Å².